The first-order chi connectivity index (χ1) is 15.9. The molecule has 1 aliphatic carbocycles. The first-order valence-electron chi connectivity index (χ1n) is 12.5. The van der Waals surface area contributed by atoms with E-state index in [1.807, 2.05) is 57.2 Å². The zero-order valence-electron chi connectivity index (χ0n) is 20.9. The summed E-state index contributed by atoms with van der Waals surface area (Å²) in [6.45, 7) is 7.99. The fraction of sp³-hybridized carbons (Fsp3) is 0.680. The highest BCUT2D eigenvalue weighted by atomic mass is 16.3. The van der Waals surface area contributed by atoms with E-state index in [2.05, 4.69) is 30.8 Å². The van der Waals surface area contributed by atoms with Crippen LogP contribution in [0.4, 0.5) is 0 Å². The number of hydrogen-bond acceptors (Lipinski definition) is 4. The van der Waals surface area contributed by atoms with Crippen molar-refractivity contribution < 1.29 is 19.3 Å². The second-order valence-corrected chi connectivity index (χ2v) is 9.35. The van der Waals surface area contributed by atoms with Gasteiger partial charge in [0.2, 0.25) is 0 Å². The van der Waals surface area contributed by atoms with E-state index in [4.69, 9.17) is 0 Å². The highest BCUT2D eigenvalue weighted by molar-refractivity contribution is 5.86. The van der Waals surface area contributed by atoms with E-state index in [1.165, 1.54) is 0 Å². The molecule has 2 unspecified atom stereocenters. The van der Waals surface area contributed by atoms with Crippen molar-refractivity contribution in [2.45, 2.75) is 90.9 Å². The van der Waals surface area contributed by atoms with Gasteiger partial charge in [0.15, 0.2) is 0 Å². The van der Waals surface area contributed by atoms with Crippen molar-refractivity contribution >= 4 is 11.8 Å². The Hall–Kier alpha value is -2.64. The van der Waals surface area contributed by atoms with Crippen molar-refractivity contribution in [1.29, 1.82) is 0 Å². The summed E-state index contributed by atoms with van der Waals surface area (Å²) in [5, 5.41) is 26.2. The Bertz CT molecular complexity index is 897. The molecule has 8 nitrogen and oxygen atoms in total. The first kappa shape index (κ1) is 25.0. The van der Waals surface area contributed by atoms with E-state index in [0.29, 0.717) is 11.6 Å². The van der Waals surface area contributed by atoms with E-state index in [-0.39, 0.29) is 29.8 Å². The molecular formula is C25H40N6O2. The first-order valence-corrected chi connectivity index (χ1v) is 12.5. The monoisotopic (exact) mass is 456 g/mol. The number of aliphatic imine (C=N–C) groups is 2. The van der Waals surface area contributed by atoms with Crippen molar-refractivity contribution in [2.24, 2.45) is 30.0 Å². The number of rotatable bonds is 10. The Morgan fingerprint density at radius 2 is 1.30 bits per heavy atom. The fourth-order valence-corrected chi connectivity index (χ4v) is 4.71. The maximum atomic E-state index is 13.1. The SMILES string of the molecule is CCCCn1cc[n+](C)c1C([O-])=NC1CCCC(N=C([O-])c2n(CCCC)cc[n+]2C)C1C. The smallest absolute Gasteiger partial charge is 0.291 e. The van der Waals surface area contributed by atoms with Crippen LogP contribution < -0.4 is 19.3 Å². The average molecular weight is 457 g/mol. The van der Waals surface area contributed by atoms with Crippen molar-refractivity contribution in [1.82, 2.24) is 9.13 Å². The zero-order valence-corrected chi connectivity index (χ0v) is 20.9. The van der Waals surface area contributed by atoms with Crippen LogP contribution in [0.15, 0.2) is 34.8 Å². The molecule has 0 amide bonds. The lowest BCUT2D eigenvalue weighted by Crippen LogP contribution is -2.43. The molecule has 0 radical (unpaired) electrons. The van der Waals surface area contributed by atoms with E-state index in [9.17, 15) is 10.2 Å². The van der Waals surface area contributed by atoms with Crippen molar-refractivity contribution in [3.05, 3.63) is 36.4 Å². The minimum atomic E-state index is -0.178. The molecule has 0 bridgehead atoms. The van der Waals surface area contributed by atoms with Crippen LogP contribution in [0.1, 0.15) is 77.4 Å². The summed E-state index contributed by atoms with van der Waals surface area (Å²) in [6, 6.07) is -0.245. The van der Waals surface area contributed by atoms with Crippen LogP contribution in [0.2, 0.25) is 0 Å². The van der Waals surface area contributed by atoms with Crippen LogP contribution in [0, 0.1) is 5.92 Å². The molecule has 33 heavy (non-hydrogen) atoms. The Labute approximate surface area is 197 Å². The second kappa shape index (κ2) is 11.5. The molecule has 0 aliphatic heterocycles. The Morgan fingerprint density at radius 1 is 0.879 bits per heavy atom. The Kier molecular flexibility index (Phi) is 8.69. The molecule has 0 saturated heterocycles. The summed E-state index contributed by atoms with van der Waals surface area (Å²) in [6.07, 6.45) is 14.5. The summed E-state index contributed by atoms with van der Waals surface area (Å²) < 4.78 is 7.70. The average Bonchev–Trinajstić information content (AvgIpc) is 3.35. The molecule has 0 spiro atoms. The molecule has 182 valence electrons. The van der Waals surface area contributed by atoms with E-state index in [1.54, 1.807) is 0 Å². The number of unbranched alkanes of at least 4 members (excludes halogenated alkanes) is 2. The summed E-state index contributed by atoms with van der Waals surface area (Å²) in [4.78, 5) is 9.25. The fourth-order valence-electron chi connectivity index (χ4n) is 4.71. The van der Waals surface area contributed by atoms with Crippen LogP contribution in [0.3, 0.4) is 0 Å². The highest BCUT2D eigenvalue weighted by Crippen LogP contribution is 2.29. The maximum Gasteiger partial charge on any atom is 0.291 e. The van der Waals surface area contributed by atoms with E-state index in [0.717, 1.165) is 58.0 Å². The third-order valence-electron chi connectivity index (χ3n) is 6.82. The van der Waals surface area contributed by atoms with Gasteiger partial charge in [0.1, 0.15) is 24.8 Å². The number of imidazole rings is 2. The standard InChI is InChI=1S/C25H40N6O2/c1-6-8-13-30-17-15-28(4)24(30)22(32)26-20-11-10-12-21(19(20)3)27-23(33)25-29(5)16-18-31(25)14-9-7-2/h15-21H,6-14H2,1-5H3. The van der Waals surface area contributed by atoms with Gasteiger partial charge >= 0.3 is 0 Å². The predicted octanol–water partition coefficient (Wildman–Crippen LogP) is 1.01. The topological polar surface area (TPSA) is 88.5 Å². The van der Waals surface area contributed by atoms with Gasteiger partial charge in [0, 0.05) is 5.92 Å². The van der Waals surface area contributed by atoms with Gasteiger partial charge in [-0.3, -0.25) is 9.98 Å². The molecule has 2 heterocycles. The van der Waals surface area contributed by atoms with Gasteiger partial charge in [-0.2, -0.15) is 0 Å². The Balaban J connectivity index is 1.80. The maximum absolute atomic E-state index is 13.1. The molecule has 0 N–H and O–H groups in total. The van der Waals surface area contributed by atoms with Gasteiger partial charge in [-0.05, 0) is 32.1 Å². The van der Waals surface area contributed by atoms with E-state index >= 15 is 0 Å². The number of hydrogen-bond donors (Lipinski definition) is 0. The molecule has 2 aromatic rings. The molecule has 0 aromatic carbocycles. The van der Waals surface area contributed by atoms with Gasteiger partial charge in [0.25, 0.3) is 11.6 Å². The van der Waals surface area contributed by atoms with Crippen LogP contribution in [0.5, 0.6) is 0 Å². The molecule has 3 rings (SSSR count). The molecule has 2 atom stereocenters. The summed E-state index contributed by atoms with van der Waals surface area (Å²) in [7, 11) is 3.78. The largest absolute Gasteiger partial charge is 0.853 e. The predicted molar refractivity (Wildman–Crippen MR) is 125 cm³/mol. The molecule has 1 fully saturated rings. The van der Waals surface area contributed by atoms with Crippen LogP contribution in [0.25, 0.3) is 0 Å². The zero-order chi connectivity index (χ0) is 24.0. The third kappa shape index (κ3) is 5.84. The molecule has 8 heteroatoms. The highest BCUT2D eigenvalue weighted by Gasteiger charge is 2.30. The Morgan fingerprint density at radius 3 is 1.70 bits per heavy atom. The lowest BCUT2D eigenvalue weighted by Gasteiger charge is -2.33. The second-order valence-electron chi connectivity index (χ2n) is 9.35. The summed E-state index contributed by atoms with van der Waals surface area (Å²) in [5.74, 6) is 0.919. The van der Waals surface area contributed by atoms with Crippen LogP contribution >= 0.6 is 0 Å². The van der Waals surface area contributed by atoms with Gasteiger partial charge in [-0.1, -0.05) is 33.6 Å². The number of aryl methyl sites for hydroxylation is 4. The van der Waals surface area contributed by atoms with Crippen molar-refractivity contribution in [3.63, 3.8) is 0 Å². The lowest BCUT2D eigenvalue weighted by molar-refractivity contribution is -0.674. The normalized spacial score (nSPS) is 22.2. The van der Waals surface area contributed by atoms with Gasteiger partial charge < -0.3 is 10.2 Å². The number of nitrogens with zero attached hydrogens (tertiary/aromatic N) is 6. The van der Waals surface area contributed by atoms with Gasteiger partial charge in [-0.25, -0.2) is 18.3 Å². The molecule has 1 aliphatic rings. The molecular weight excluding hydrogens is 416 g/mol. The van der Waals surface area contributed by atoms with Gasteiger partial charge in [0.05, 0.1) is 51.1 Å². The molecule has 2 aromatic heterocycles. The quantitative estimate of drug-likeness (QED) is 0.303. The summed E-state index contributed by atoms with van der Waals surface area (Å²) >= 11 is 0. The lowest BCUT2D eigenvalue weighted by atomic mass is 9.82. The minimum absolute atomic E-state index is 0.0420. The van der Waals surface area contributed by atoms with Crippen LogP contribution in [-0.2, 0) is 27.2 Å². The van der Waals surface area contributed by atoms with Crippen molar-refractivity contribution in [3.8, 4) is 0 Å². The van der Waals surface area contributed by atoms with Gasteiger partial charge in [-0.15, -0.1) is 0 Å². The van der Waals surface area contributed by atoms with Crippen LogP contribution in [-0.4, -0.2) is 33.0 Å². The molecule has 1 saturated carbocycles. The van der Waals surface area contributed by atoms with E-state index < -0.39 is 0 Å². The van der Waals surface area contributed by atoms with Crippen molar-refractivity contribution in [2.75, 3.05) is 0 Å². The third-order valence-corrected chi connectivity index (χ3v) is 6.82. The number of aromatic nitrogens is 4. The summed E-state index contributed by atoms with van der Waals surface area (Å²) in [5.41, 5.74) is 0. The minimum Gasteiger partial charge on any atom is -0.853 e.